The largest absolute Gasteiger partial charge is 0.309 e. The fourth-order valence-corrected chi connectivity index (χ4v) is 8.58. The van der Waals surface area contributed by atoms with Crippen LogP contribution < -0.4 is 0 Å². The van der Waals surface area contributed by atoms with Crippen LogP contribution in [0.1, 0.15) is 22.3 Å². The Morgan fingerprint density at radius 2 is 0.880 bits per heavy atom. The number of para-hydroxylation sites is 2. The van der Waals surface area contributed by atoms with Gasteiger partial charge in [0.05, 0.1) is 16.4 Å². The van der Waals surface area contributed by atoms with Gasteiger partial charge in [0, 0.05) is 16.5 Å². The predicted octanol–water partition coefficient (Wildman–Crippen LogP) is 12.5. The van der Waals surface area contributed by atoms with Crippen LogP contribution in [0.2, 0.25) is 0 Å². The zero-order chi connectivity index (χ0) is 33.1. The quantitative estimate of drug-likeness (QED) is 0.177. The van der Waals surface area contributed by atoms with E-state index in [-0.39, 0.29) is 0 Å². The molecule has 50 heavy (non-hydrogen) atoms. The molecular formula is C49H33N. The van der Waals surface area contributed by atoms with E-state index >= 15 is 0 Å². The lowest BCUT2D eigenvalue weighted by Gasteiger charge is -2.34. The van der Waals surface area contributed by atoms with Crippen LogP contribution in [0.4, 0.5) is 0 Å². The molecule has 0 N–H and O–H groups in total. The van der Waals surface area contributed by atoms with Crippen molar-refractivity contribution in [3.05, 3.63) is 222 Å². The van der Waals surface area contributed by atoms with Crippen molar-refractivity contribution in [3.8, 4) is 39.1 Å². The van der Waals surface area contributed by atoms with E-state index in [0.29, 0.717) is 0 Å². The van der Waals surface area contributed by atoms with E-state index < -0.39 is 5.41 Å². The summed E-state index contributed by atoms with van der Waals surface area (Å²) in [5.74, 6) is 0. The van der Waals surface area contributed by atoms with Gasteiger partial charge in [-0.15, -0.1) is 0 Å². The van der Waals surface area contributed by atoms with E-state index in [2.05, 4.69) is 205 Å². The number of fused-ring (bicyclic) bond motifs is 6. The summed E-state index contributed by atoms with van der Waals surface area (Å²) in [6.07, 6.45) is 0. The van der Waals surface area contributed by atoms with Gasteiger partial charge in [0.2, 0.25) is 0 Å². The average molecular weight is 636 g/mol. The summed E-state index contributed by atoms with van der Waals surface area (Å²) in [6.45, 7) is 0. The van der Waals surface area contributed by atoms with Crippen molar-refractivity contribution >= 4 is 21.8 Å². The van der Waals surface area contributed by atoms with Crippen molar-refractivity contribution in [2.75, 3.05) is 0 Å². The first kappa shape index (κ1) is 28.6. The summed E-state index contributed by atoms with van der Waals surface area (Å²) in [7, 11) is 0. The lowest BCUT2D eigenvalue weighted by molar-refractivity contribution is 0.769. The van der Waals surface area contributed by atoms with Crippen LogP contribution >= 0.6 is 0 Å². The molecule has 0 radical (unpaired) electrons. The fourth-order valence-electron chi connectivity index (χ4n) is 8.58. The van der Waals surface area contributed by atoms with E-state index in [1.165, 1.54) is 83.1 Å². The lowest BCUT2D eigenvalue weighted by Crippen LogP contribution is -2.28. The maximum atomic E-state index is 2.44. The first-order chi connectivity index (χ1) is 24.8. The SMILES string of the molecule is c1ccc(-n2c3ccccc3c3c(-c4ccc(-c5ccc6c(c5)C(c5ccccc5)(c5ccccc5)c5ccccc5-6)cc4)cccc32)cc1. The van der Waals surface area contributed by atoms with Crippen molar-refractivity contribution < 1.29 is 0 Å². The normalized spacial score (nSPS) is 13.0. The molecule has 234 valence electrons. The van der Waals surface area contributed by atoms with Crippen LogP contribution in [0.25, 0.3) is 60.9 Å². The van der Waals surface area contributed by atoms with Gasteiger partial charge in [-0.25, -0.2) is 0 Å². The van der Waals surface area contributed by atoms with Gasteiger partial charge in [-0.1, -0.05) is 170 Å². The second kappa shape index (κ2) is 11.3. The first-order valence-electron chi connectivity index (χ1n) is 17.4. The van der Waals surface area contributed by atoms with Crippen molar-refractivity contribution in [2.45, 2.75) is 5.41 Å². The molecule has 10 rings (SSSR count). The minimum atomic E-state index is -0.410. The molecule has 9 aromatic rings. The number of hydrogen-bond acceptors (Lipinski definition) is 0. The topological polar surface area (TPSA) is 4.93 Å². The molecule has 0 fully saturated rings. The third-order valence-electron chi connectivity index (χ3n) is 10.7. The van der Waals surface area contributed by atoms with Gasteiger partial charge in [0.15, 0.2) is 0 Å². The molecule has 0 spiro atoms. The first-order valence-corrected chi connectivity index (χ1v) is 17.4. The molecule has 1 aliphatic rings. The Hall–Kier alpha value is -6.44. The molecule has 1 nitrogen and oxygen atoms in total. The zero-order valence-electron chi connectivity index (χ0n) is 27.5. The molecule has 1 heterocycles. The van der Waals surface area contributed by atoms with E-state index in [4.69, 9.17) is 0 Å². The Morgan fingerprint density at radius 3 is 1.62 bits per heavy atom. The molecule has 0 aliphatic heterocycles. The predicted molar refractivity (Wildman–Crippen MR) is 209 cm³/mol. The van der Waals surface area contributed by atoms with Gasteiger partial charge in [0.1, 0.15) is 0 Å². The minimum Gasteiger partial charge on any atom is -0.309 e. The number of nitrogens with zero attached hydrogens (tertiary/aromatic N) is 1. The van der Waals surface area contributed by atoms with E-state index in [0.717, 1.165) is 0 Å². The van der Waals surface area contributed by atoms with Gasteiger partial charge in [-0.05, 0) is 86.0 Å². The van der Waals surface area contributed by atoms with Crippen LogP contribution in [-0.4, -0.2) is 4.57 Å². The third-order valence-corrected chi connectivity index (χ3v) is 10.7. The number of rotatable bonds is 5. The van der Waals surface area contributed by atoms with Crippen molar-refractivity contribution in [1.82, 2.24) is 4.57 Å². The standard InChI is InChI=1S/C49H33N/c1-4-15-37(16-5-1)49(38-17-6-2-7-18-38)44-24-12-10-21-41(44)42-32-31-36(33-45(42)49)34-27-29-35(30-28-34)40-23-14-26-47-48(40)43-22-11-13-25-46(43)50(47)39-19-8-3-9-20-39/h1-33H. The molecule has 0 atom stereocenters. The molecule has 1 aliphatic carbocycles. The second-order valence-corrected chi connectivity index (χ2v) is 13.3. The minimum absolute atomic E-state index is 0.410. The van der Waals surface area contributed by atoms with Gasteiger partial charge in [0.25, 0.3) is 0 Å². The van der Waals surface area contributed by atoms with Gasteiger partial charge >= 0.3 is 0 Å². The molecule has 8 aromatic carbocycles. The monoisotopic (exact) mass is 635 g/mol. The summed E-state index contributed by atoms with van der Waals surface area (Å²) < 4.78 is 2.39. The van der Waals surface area contributed by atoms with Crippen LogP contribution in [-0.2, 0) is 5.41 Å². The molecule has 0 bridgehead atoms. The highest BCUT2D eigenvalue weighted by atomic mass is 15.0. The van der Waals surface area contributed by atoms with Crippen LogP contribution in [0.5, 0.6) is 0 Å². The second-order valence-electron chi connectivity index (χ2n) is 13.3. The Balaban J connectivity index is 1.13. The Bertz CT molecular complexity index is 2630. The molecule has 0 saturated carbocycles. The highest BCUT2D eigenvalue weighted by Crippen LogP contribution is 2.56. The summed E-state index contributed by atoms with van der Waals surface area (Å²) >= 11 is 0. The maximum Gasteiger partial charge on any atom is 0.0713 e. The van der Waals surface area contributed by atoms with E-state index in [1.807, 2.05) is 0 Å². The summed E-state index contributed by atoms with van der Waals surface area (Å²) in [5, 5.41) is 2.55. The summed E-state index contributed by atoms with van der Waals surface area (Å²) in [4.78, 5) is 0. The molecule has 1 heteroatoms. The Labute approximate surface area is 292 Å². The van der Waals surface area contributed by atoms with E-state index in [1.54, 1.807) is 0 Å². The van der Waals surface area contributed by atoms with Crippen LogP contribution in [0.3, 0.4) is 0 Å². The molecule has 0 amide bonds. The van der Waals surface area contributed by atoms with Gasteiger partial charge in [-0.3, -0.25) is 0 Å². The van der Waals surface area contributed by atoms with Crippen LogP contribution in [0, 0.1) is 0 Å². The molecule has 1 aromatic heterocycles. The van der Waals surface area contributed by atoms with Crippen molar-refractivity contribution in [2.24, 2.45) is 0 Å². The zero-order valence-corrected chi connectivity index (χ0v) is 27.5. The fraction of sp³-hybridized carbons (Fsp3) is 0.0204. The van der Waals surface area contributed by atoms with Crippen molar-refractivity contribution in [3.63, 3.8) is 0 Å². The molecule has 0 unspecified atom stereocenters. The third kappa shape index (κ3) is 4.14. The summed E-state index contributed by atoms with van der Waals surface area (Å²) in [5.41, 5.74) is 15.9. The number of hydrogen-bond donors (Lipinski definition) is 0. The van der Waals surface area contributed by atoms with Gasteiger partial charge in [-0.2, -0.15) is 0 Å². The Kier molecular flexibility index (Phi) is 6.47. The average Bonchev–Trinajstić information content (AvgIpc) is 3.70. The van der Waals surface area contributed by atoms with E-state index in [9.17, 15) is 0 Å². The van der Waals surface area contributed by atoms with Crippen molar-refractivity contribution in [1.29, 1.82) is 0 Å². The highest BCUT2D eigenvalue weighted by Gasteiger charge is 2.46. The molecular weight excluding hydrogens is 603 g/mol. The number of aromatic nitrogens is 1. The maximum absolute atomic E-state index is 2.44. The smallest absolute Gasteiger partial charge is 0.0713 e. The Morgan fingerprint density at radius 1 is 0.340 bits per heavy atom. The highest BCUT2D eigenvalue weighted by molar-refractivity contribution is 6.15. The molecule has 0 saturated heterocycles. The summed E-state index contributed by atoms with van der Waals surface area (Å²) in [6, 6.07) is 73.4. The lowest BCUT2D eigenvalue weighted by atomic mass is 9.67. The number of benzene rings is 8. The van der Waals surface area contributed by atoms with Crippen LogP contribution in [0.15, 0.2) is 200 Å². The van der Waals surface area contributed by atoms with Gasteiger partial charge < -0.3 is 4.57 Å².